The standard InChI is InChI=1S/CH18O12Si9.2CH6OSi.H4O4Si2.2H2O2/c2-15-11-18-20(5)7-1(8-21(6)19-12-16-3)9-22(10-14)13-17-4;2*1-3-2;1-5-4-6(2)3;2*1-2/h1-4,22H,15-19H2,14H3;2*2H,3H2,1H3;1-2H,5H2;2*1-2H. The van der Waals surface area contributed by atoms with Crippen LogP contribution in [-0.2, 0) is 47.2 Å². The molecule has 0 saturated carbocycles. The highest BCUT2D eigenvalue weighted by molar-refractivity contribution is 6.99. The van der Waals surface area contributed by atoms with Gasteiger partial charge in [0.05, 0.1) is 0 Å². The van der Waals surface area contributed by atoms with E-state index in [1.54, 1.807) is 0 Å². The van der Waals surface area contributed by atoms with Crippen molar-refractivity contribution in [3.8, 4) is 0 Å². The van der Waals surface area contributed by atoms with Gasteiger partial charge in [0.2, 0.25) is 0 Å². The van der Waals surface area contributed by atoms with Crippen molar-refractivity contribution in [2.24, 2.45) is 0 Å². The van der Waals surface area contributed by atoms with E-state index in [0.717, 1.165) is 0 Å². The third kappa shape index (κ3) is 56.9. The summed E-state index contributed by atoms with van der Waals surface area (Å²) in [5.74, 6) is 0. The lowest BCUT2D eigenvalue weighted by Gasteiger charge is -2.22. The molecule has 0 rings (SSSR count). The average Bonchev–Trinajstić information content (AvgIpc) is 2.89. The first-order valence-corrected chi connectivity index (χ1v) is 30.3. The molecule has 22 nitrogen and oxygen atoms in total. The Labute approximate surface area is 244 Å². The fourth-order valence-electron chi connectivity index (χ4n) is 0.990. The molecule has 0 aromatic rings. The molecule has 0 heterocycles. The molecule has 0 aromatic carbocycles. The van der Waals surface area contributed by atoms with Crippen LogP contribution in [-0.4, -0.2) is 185 Å². The van der Waals surface area contributed by atoms with Crippen molar-refractivity contribution in [1.82, 2.24) is 0 Å². The predicted octanol–water partition coefficient (Wildman–Crippen LogP) is -14.0. The Kier molecular flexibility index (Phi) is 68.7. The molecule has 0 fully saturated rings. The molecule has 0 aliphatic rings. The topological polar surface area (TPSA) is 348 Å². The molecule has 0 radical (unpaired) electrons. The van der Waals surface area contributed by atoms with E-state index in [4.69, 9.17) is 84.3 Å². The molecular formula is C3H38O22Si13. The minimum absolute atomic E-state index is 0.279. The number of hydrogen-bond acceptors (Lipinski definition) is 21. The van der Waals surface area contributed by atoms with E-state index in [0.29, 0.717) is 0 Å². The Morgan fingerprint density at radius 1 is 0.737 bits per heavy atom. The Hall–Kier alpha value is 0.819. The first-order chi connectivity index (χ1) is 18.2. The maximum atomic E-state index is 11.6. The summed E-state index contributed by atoms with van der Waals surface area (Å²) in [4.78, 5) is 57.1. The second kappa shape index (κ2) is 50.6. The fraction of sp³-hybridized carbons (Fsp3) is 1.00. The quantitative estimate of drug-likeness (QED) is 0.0282. The molecule has 1 unspecified atom stereocenters. The van der Waals surface area contributed by atoms with Gasteiger partial charge in [0.15, 0.2) is 19.5 Å². The molecule has 35 heteroatoms. The first kappa shape index (κ1) is 51.5. The fourth-order valence-corrected chi connectivity index (χ4v) is 13.8. The van der Waals surface area contributed by atoms with E-state index in [2.05, 4.69) is 4.12 Å². The Bertz CT molecular complexity index is 438. The minimum atomic E-state index is -2.82. The highest BCUT2D eigenvalue weighted by Gasteiger charge is 2.28. The molecule has 0 aliphatic heterocycles. The maximum Gasteiger partial charge on any atom is 0.750 e. The van der Waals surface area contributed by atoms with Crippen molar-refractivity contribution in [3.63, 3.8) is 0 Å². The SMILES string of the molecule is C[SiH2]O.C[SiH2]O.O=[Si](O)O[SiH2]O.O=[Si](OC(O[Si](=O)[SiH2]O[SiH2]O)O[SiH](O[SiH3])O[SiH2]O)[SiH2]O[SiH2]O.OO.OO. The van der Waals surface area contributed by atoms with Crippen LogP contribution in [0.1, 0.15) is 0 Å². The van der Waals surface area contributed by atoms with Gasteiger partial charge in [0, 0.05) is 0 Å². The summed E-state index contributed by atoms with van der Waals surface area (Å²) < 4.78 is 71.2. The van der Waals surface area contributed by atoms with Gasteiger partial charge in [0.1, 0.15) is 10.5 Å². The van der Waals surface area contributed by atoms with Gasteiger partial charge in [-0.3, -0.25) is 25.5 Å². The van der Waals surface area contributed by atoms with Crippen LogP contribution in [0.5, 0.6) is 0 Å². The van der Waals surface area contributed by atoms with Crippen molar-refractivity contribution in [3.05, 3.63) is 0 Å². The maximum absolute atomic E-state index is 11.6. The van der Waals surface area contributed by atoms with Gasteiger partial charge in [-0.2, -0.15) is 0 Å². The normalized spacial score (nSPS) is 12.8. The third-order valence-corrected chi connectivity index (χ3v) is 17.6. The zero-order valence-electron chi connectivity index (χ0n) is 20.7. The van der Waals surface area contributed by atoms with Crippen LogP contribution in [0.15, 0.2) is 0 Å². The van der Waals surface area contributed by atoms with Crippen LogP contribution >= 0.6 is 0 Å². The molecule has 234 valence electrons. The lowest BCUT2D eigenvalue weighted by Crippen LogP contribution is -2.41. The van der Waals surface area contributed by atoms with Crippen molar-refractivity contribution >= 4 is 124 Å². The summed E-state index contributed by atoms with van der Waals surface area (Å²) >= 11 is 0. The molecule has 11 N–H and O–H groups in total. The van der Waals surface area contributed by atoms with Crippen molar-refractivity contribution < 1.29 is 102 Å². The van der Waals surface area contributed by atoms with Crippen LogP contribution in [0.3, 0.4) is 0 Å². The smallest absolute Gasteiger partial charge is 0.534 e. The zero-order valence-corrected chi connectivity index (χ0v) is 38.2. The van der Waals surface area contributed by atoms with E-state index >= 15 is 0 Å². The second-order valence-electron chi connectivity index (χ2n) is 4.35. The Morgan fingerprint density at radius 2 is 1.11 bits per heavy atom. The zero-order chi connectivity index (χ0) is 31.2. The molecule has 0 aliphatic carbocycles. The van der Waals surface area contributed by atoms with Gasteiger partial charge in [-0.15, -0.1) is 0 Å². The minimum Gasteiger partial charge on any atom is -0.534 e. The van der Waals surface area contributed by atoms with Crippen LogP contribution in [0, 0.1) is 0 Å². The lowest BCUT2D eigenvalue weighted by molar-refractivity contribution is -0.176. The molecule has 0 amide bonds. The largest absolute Gasteiger partial charge is 0.750 e. The Balaban J connectivity index is -0.000000131. The van der Waals surface area contributed by atoms with Gasteiger partial charge in [0.25, 0.3) is 48.6 Å². The van der Waals surface area contributed by atoms with Gasteiger partial charge >= 0.3 is 52.1 Å². The van der Waals surface area contributed by atoms with Crippen LogP contribution in [0.2, 0.25) is 13.1 Å². The van der Waals surface area contributed by atoms with Crippen molar-refractivity contribution in [2.45, 2.75) is 19.6 Å². The summed E-state index contributed by atoms with van der Waals surface area (Å²) in [6.07, 6.45) is 0. The van der Waals surface area contributed by atoms with Crippen molar-refractivity contribution in [2.75, 3.05) is 0 Å². The summed E-state index contributed by atoms with van der Waals surface area (Å²) in [7, 11) is -21.5. The van der Waals surface area contributed by atoms with Gasteiger partial charge in [-0.1, -0.05) is 13.1 Å². The van der Waals surface area contributed by atoms with Crippen LogP contribution in [0.25, 0.3) is 0 Å². The molecule has 1 atom stereocenters. The van der Waals surface area contributed by atoms with E-state index < -0.39 is 120 Å². The van der Waals surface area contributed by atoms with E-state index in [1.807, 2.05) is 13.1 Å². The Morgan fingerprint density at radius 3 is 1.32 bits per heavy atom. The molecular weight excluding hydrogens is 753 g/mol. The number of rotatable bonds is 17. The summed E-state index contributed by atoms with van der Waals surface area (Å²) in [5.41, 5.74) is 0. The molecule has 38 heavy (non-hydrogen) atoms. The molecule has 0 spiro atoms. The predicted molar refractivity (Wildman–Crippen MR) is 155 cm³/mol. The van der Waals surface area contributed by atoms with E-state index in [1.165, 1.54) is 0 Å². The third-order valence-electron chi connectivity index (χ3n) is 1.89. The van der Waals surface area contributed by atoms with Crippen molar-refractivity contribution in [1.29, 1.82) is 0 Å². The highest BCUT2D eigenvalue weighted by atomic mass is 29.2. The molecule has 0 saturated heterocycles. The average molecular weight is 791 g/mol. The van der Waals surface area contributed by atoms with E-state index in [-0.39, 0.29) is 10.5 Å². The van der Waals surface area contributed by atoms with Gasteiger partial charge in [-0.25, -0.2) is 0 Å². The lowest BCUT2D eigenvalue weighted by atomic mass is 11.4. The van der Waals surface area contributed by atoms with E-state index in [9.17, 15) is 13.4 Å². The first-order valence-electron chi connectivity index (χ1n) is 9.42. The van der Waals surface area contributed by atoms with Crippen LogP contribution in [0.4, 0.5) is 0 Å². The van der Waals surface area contributed by atoms with Gasteiger partial charge < -0.3 is 76.3 Å². The molecule has 0 aromatic heterocycles. The highest BCUT2D eigenvalue weighted by Crippen LogP contribution is 2.02. The second-order valence-corrected chi connectivity index (χ2v) is 23.4. The summed E-state index contributed by atoms with van der Waals surface area (Å²) in [6, 6.07) is 0. The summed E-state index contributed by atoms with van der Waals surface area (Å²) in [5, 5.41) is 24.0. The monoisotopic (exact) mass is 790 g/mol. The number of hydrogen-bond donors (Lipinski definition) is 11. The summed E-state index contributed by atoms with van der Waals surface area (Å²) in [6.45, 7) is 2.11. The van der Waals surface area contributed by atoms with Crippen LogP contribution < -0.4 is 0 Å². The molecule has 0 bridgehead atoms. The van der Waals surface area contributed by atoms with Gasteiger partial charge in [-0.05, 0) is 0 Å².